The van der Waals surface area contributed by atoms with Crippen LogP contribution in [0.1, 0.15) is 38.4 Å². The fourth-order valence-corrected chi connectivity index (χ4v) is 2.73. The first kappa shape index (κ1) is 10.6. The van der Waals surface area contributed by atoms with Gasteiger partial charge in [0, 0.05) is 19.0 Å². The smallest absolute Gasteiger partial charge is 0.140 e. The first-order valence-corrected chi connectivity index (χ1v) is 5.84. The predicted molar refractivity (Wildman–Crippen MR) is 59.7 cm³/mol. The fraction of sp³-hybridized carbons (Fsp3) is 0.818. The molecule has 0 bridgehead atoms. The van der Waals surface area contributed by atoms with Crippen molar-refractivity contribution in [3.63, 3.8) is 0 Å². The van der Waals surface area contributed by atoms with Crippen LogP contribution in [0.2, 0.25) is 0 Å². The van der Waals surface area contributed by atoms with Gasteiger partial charge in [-0.05, 0) is 25.8 Å². The van der Waals surface area contributed by atoms with E-state index in [-0.39, 0.29) is 5.41 Å². The molecule has 1 fully saturated rings. The molecule has 0 saturated carbocycles. The van der Waals surface area contributed by atoms with Crippen molar-refractivity contribution in [3.05, 3.63) is 12.2 Å². The lowest BCUT2D eigenvalue weighted by atomic mass is 9.76. The van der Waals surface area contributed by atoms with Crippen LogP contribution in [0.5, 0.6) is 0 Å². The molecule has 4 heteroatoms. The molecule has 0 amide bonds. The lowest BCUT2D eigenvalue weighted by Gasteiger charge is -2.36. The highest BCUT2D eigenvalue weighted by Crippen LogP contribution is 2.33. The Balaban J connectivity index is 2.29. The summed E-state index contributed by atoms with van der Waals surface area (Å²) in [6, 6.07) is 0. The van der Waals surface area contributed by atoms with E-state index in [0.29, 0.717) is 0 Å². The van der Waals surface area contributed by atoms with Crippen molar-refractivity contribution in [3.8, 4) is 0 Å². The van der Waals surface area contributed by atoms with Crippen molar-refractivity contribution < 1.29 is 0 Å². The highest BCUT2D eigenvalue weighted by Gasteiger charge is 2.36. The van der Waals surface area contributed by atoms with E-state index in [1.54, 1.807) is 6.33 Å². The Bertz CT molecular complexity index is 307. The summed E-state index contributed by atoms with van der Waals surface area (Å²) in [6.07, 6.45) is 6.69. The summed E-state index contributed by atoms with van der Waals surface area (Å²) in [5.74, 6) is 1.15. The van der Waals surface area contributed by atoms with E-state index in [1.807, 2.05) is 7.05 Å². The molecule has 4 nitrogen and oxygen atoms in total. The third kappa shape index (κ3) is 1.91. The lowest BCUT2D eigenvalue weighted by molar-refractivity contribution is 0.269. The second kappa shape index (κ2) is 4.31. The second-order valence-corrected chi connectivity index (χ2v) is 4.58. The number of hydrogen-bond donors (Lipinski definition) is 1. The van der Waals surface area contributed by atoms with Gasteiger partial charge in [0.15, 0.2) is 0 Å². The number of aromatic nitrogens is 3. The Morgan fingerprint density at radius 2 is 2.47 bits per heavy atom. The highest BCUT2D eigenvalue weighted by atomic mass is 15.3. The third-order valence-electron chi connectivity index (χ3n) is 3.39. The van der Waals surface area contributed by atoms with Crippen LogP contribution in [-0.4, -0.2) is 27.9 Å². The minimum Gasteiger partial charge on any atom is -0.320 e. The number of rotatable bonds is 3. The molecular formula is C11H20N4. The zero-order chi connectivity index (χ0) is 10.7. The van der Waals surface area contributed by atoms with Crippen molar-refractivity contribution in [2.45, 2.75) is 38.0 Å². The minimum absolute atomic E-state index is 0.220. The Labute approximate surface area is 91.1 Å². The van der Waals surface area contributed by atoms with Gasteiger partial charge >= 0.3 is 0 Å². The second-order valence-electron chi connectivity index (χ2n) is 4.58. The molecule has 84 valence electrons. The maximum Gasteiger partial charge on any atom is 0.140 e. The van der Waals surface area contributed by atoms with Gasteiger partial charge < -0.3 is 9.88 Å². The number of hydrogen-bond acceptors (Lipinski definition) is 3. The molecule has 1 N–H and O–H groups in total. The highest BCUT2D eigenvalue weighted by molar-refractivity contribution is 5.10. The van der Waals surface area contributed by atoms with Gasteiger partial charge in [-0.25, -0.2) is 0 Å². The molecule has 2 heterocycles. The molecule has 1 saturated heterocycles. The Hall–Kier alpha value is -0.900. The fourth-order valence-electron chi connectivity index (χ4n) is 2.73. The average Bonchev–Trinajstić information content (AvgIpc) is 2.67. The topological polar surface area (TPSA) is 42.7 Å². The molecule has 0 spiro atoms. The Morgan fingerprint density at radius 1 is 1.60 bits per heavy atom. The minimum atomic E-state index is 0.220. The monoisotopic (exact) mass is 208 g/mol. The van der Waals surface area contributed by atoms with Crippen LogP contribution in [-0.2, 0) is 12.5 Å². The maximum absolute atomic E-state index is 4.30. The van der Waals surface area contributed by atoms with E-state index >= 15 is 0 Å². The molecule has 2 rings (SSSR count). The number of piperidine rings is 1. The molecule has 1 atom stereocenters. The predicted octanol–water partition coefficient (Wildman–Crippen LogP) is 1.24. The van der Waals surface area contributed by atoms with Crippen LogP contribution in [0.4, 0.5) is 0 Å². The van der Waals surface area contributed by atoms with E-state index in [0.717, 1.165) is 18.9 Å². The van der Waals surface area contributed by atoms with Crippen LogP contribution in [0.15, 0.2) is 6.33 Å². The van der Waals surface area contributed by atoms with Crippen molar-refractivity contribution in [2.24, 2.45) is 7.05 Å². The van der Waals surface area contributed by atoms with Gasteiger partial charge in [0.1, 0.15) is 12.2 Å². The van der Waals surface area contributed by atoms with Crippen LogP contribution < -0.4 is 5.32 Å². The van der Waals surface area contributed by atoms with E-state index in [9.17, 15) is 0 Å². The Morgan fingerprint density at radius 3 is 3.00 bits per heavy atom. The molecule has 1 aromatic heterocycles. The summed E-state index contributed by atoms with van der Waals surface area (Å²) >= 11 is 0. The summed E-state index contributed by atoms with van der Waals surface area (Å²) < 4.78 is 2.07. The zero-order valence-corrected chi connectivity index (χ0v) is 9.66. The zero-order valence-electron chi connectivity index (χ0n) is 9.66. The van der Waals surface area contributed by atoms with Crippen molar-refractivity contribution in [1.29, 1.82) is 0 Å². The number of nitrogens with zero attached hydrogens (tertiary/aromatic N) is 3. The molecule has 1 aromatic rings. The number of aryl methyl sites for hydroxylation is 1. The quantitative estimate of drug-likeness (QED) is 0.812. The summed E-state index contributed by atoms with van der Waals surface area (Å²) in [5, 5.41) is 11.8. The molecule has 0 aliphatic carbocycles. The van der Waals surface area contributed by atoms with E-state index in [4.69, 9.17) is 0 Å². The van der Waals surface area contributed by atoms with Crippen LogP contribution >= 0.6 is 0 Å². The van der Waals surface area contributed by atoms with Crippen molar-refractivity contribution >= 4 is 0 Å². The SMILES string of the molecule is CCCC1(c2nncn2C)CCCNC1. The van der Waals surface area contributed by atoms with E-state index < -0.39 is 0 Å². The summed E-state index contributed by atoms with van der Waals surface area (Å²) in [6.45, 7) is 4.43. The summed E-state index contributed by atoms with van der Waals surface area (Å²) in [7, 11) is 2.04. The first-order valence-electron chi connectivity index (χ1n) is 5.84. The average molecular weight is 208 g/mol. The standard InChI is InChI=1S/C11H20N4/c1-3-5-11(6-4-7-12-8-11)10-14-13-9-15(10)2/h9,12H,3-8H2,1-2H3. The molecule has 1 aliphatic heterocycles. The van der Waals surface area contributed by atoms with Crippen LogP contribution in [0.3, 0.4) is 0 Å². The lowest BCUT2D eigenvalue weighted by Crippen LogP contribution is -2.44. The van der Waals surface area contributed by atoms with Crippen LogP contribution in [0, 0.1) is 0 Å². The molecule has 1 unspecified atom stereocenters. The van der Waals surface area contributed by atoms with E-state index in [2.05, 4.69) is 27.0 Å². The molecule has 15 heavy (non-hydrogen) atoms. The normalized spacial score (nSPS) is 26.8. The van der Waals surface area contributed by atoms with Crippen molar-refractivity contribution in [2.75, 3.05) is 13.1 Å². The van der Waals surface area contributed by atoms with Crippen molar-refractivity contribution in [1.82, 2.24) is 20.1 Å². The Kier molecular flexibility index (Phi) is 3.05. The third-order valence-corrected chi connectivity index (χ3v) is 3.39. The van der Waals surface area contributed by atoms with Crippen LogP contribution in [0.25, 0.3) is 0 Å². The van der Waals surface area contributed by atoms with Gasteiger partial charge in [-0.2, -0.15) is 0 Å². The number of nitrogens with one attached hydrogen (secondary N) is 1. The maximum atomic E-state index is 4.30. The summed E-state index contributed by atoms with van der Waals surface area (Å²) in [4.78, 5) is 0. The largest absolute Gasteiger partial charge is 0.320 e. The summed E-state index contributed by atoms with van der Waals surface area (Å²) in [5.41, 5.74) is 0.220. The molecule has 0 radical (unpaired) electrons. The van der Waals surface area contributed by atoms with Gasteiger partial charge in [-0.1, -0.05) is 13.3 Å². The molecular weight excluding hydrogens is 188 g/mol. The first-order chi connectivity index (χ1) is 7.28. The molecule has 0 aromatic carbocycles. The van der Waals surface area contributed by atoms with Gasteiger partial charge in [-0.15, -0.1) is 10.2 Å². The van der Waals surface area contributed by atoms with Gasteiger partial charge in [0.25, 0.3) is 0 Å². The van der Waals surface area contributed by atoms with Gasteiger partial charge in [0.2, 0.25) is 0 Å². The molecule has 1 aliphatic rings. The van der Waals surface area contributed by atoms with Gasteiger partial charge in [-0.3, -0.25) is 0 Å². The van der Waals surface area contributed by atoms with Gasteiger partial charge in [0.05, 0.1) is 0 Å². The van der Waals surface area contributed by atoms with E-state index in [1.165, 1.54) is 25.7 Å².